The summed E-state index contributed by atoms with van der Waals surface area (Å²) in [5.74, 6) is -0.0393. The Morgan fingerprint density at radius 2 is 1.80 bits per heavy atom. The molecule has 0 radical (unpaired) electrons. The molecule has 0 bridgehead atoms. The molecule has 2 aromatic carbocycles. The maximum Gasteiger partial charge on any atom is 0.255 e. The molecule has 0 unspecified atom stereocenters. The molecular weight excluding hydrogens is 316 g/mol. The predicted octanol–water partition coefficient (Wildman–Crippen LogP) is 2.53. The van der Waals surface area contributed by atoms with Crippen molar-refractivity contribution in [3.8, 4) is 5.75 Å². The molecule has 25 heavy (non-hydrogen) atoms. The second kappa shape index (κ2) is 8.68. The third kappa shape index (κ3) is 5.80. The Bertz CT molecular complexity index is 767. The number of primary amides is 1. The van der Waals surface area contributed by atoms with Gasteiger partial charge in [-0.15, -0.1) is 0 Å². The lowest BCUT2D eigenvalue weighted by Gasteiger charge is -2.16. The van der Waals surface area contributed by atoms with Crippen molar-refractivity contribution in [2.75, 3.05) is 13.7 Å². The lowest BCUT2D eigenvalue weighted by atomic mass is 10.1. The first-order chi connectivity index (χ1) is 12.0. The Labute approximate surface area is 147 Å². The number of carbonyl (C=O) groups is 2. The number of ether oxygens (including phenoxy) is 1. The van der Waals surface area contributed by atoms with Gasteiger partial charge in [-0.3, -0.25) is 9.59 Å². The number of likely N-dealkylation sites (N-methyl/N-ethyl adjacent to an activating group) is 1. The van der Waals surface area contributed by atoms with Crippen molar-refractivity contribution in [3.05, 3.63) is 71.3 Å². The van der Waals surface area contributed by atoms with Gasteiger partial charge in [-0.05, 0) is 41.8 Å². The standard InChI is InChI=1S/C20H22N2O3/c1-15-5-3-4-6-17(15)13-22(2)20(24)12-9-16-7-10-18(11-8-16)25-14-19(21)23/h3-12H,13-14H2,1-2H3,(H2,21,23)/b12-9+. The molecule has 0 spiro atoms. The van der Waals surface area contributed by atoms with Crippen molar-refractivity contribution in [1.82, 2.24) is 4.90 Å². The molecule has 0 aromatic heterocycles. The monoisotopic (exact) mass is 338 g/mol. The minimum absolute atomic E-state index is 0.0719. The SMILES string of the molecule is Cc1ccccc1CN(C)C(=O)/C=C/c1ccc(OCC(N)=O)cc1. The second-order valence-electron chi connectivity index (χ2n) is 5.78. The summed E-state index contributed by atoms with van der Waals surface area (Å²) in [7, 11) is 1.78. The predicted molar refractivity (Wildman–Crippen MR) is 97.8 cm³/mol. The van der Waals surface area contributed by atoms with Crippen LogP contribution in [-0.4, -0.2) is 30.4 Å². The van der Waals surface area contributed by atoms with E-state index in [2.05, 4.69) is 0 Å². The topological polar surface area (TPSA) is 72.6 Å². The van der Waals surface area contributed by atoms with Gasteiger partial charge >= 0.3 is 0 Å². The Morgan fingerprint density at radius 1 is 1.12 bits per heavy atom. The van der Waals surface area contributed by atoms with Crippen LogP contribution in [0.3, 0.4) is 0 Å². The molecule has 2 rings (SSSR count). The maximum atomic E-state index is 12.2. The maximum absolute atomic E-state index is 12.2. The summed E-state index contributed by atoms with van der Waals surface area (Å²) in [6.07, 6.45) is 3.28. The zero-order chi connectivity index (χ0) is 18.2. The lowest BCUT2D eigenvalue weighted by molar-refractivity contribution is -0.125. The molecule has 0 aliphatic rings. The number of benzene rings is 2. The van der Waals surface area contributed by atoms with E-state index in [4.69, 9.17) is 10.5 Å². The average molecular weight is 338 g/mol. The van der Waals surface area contributed by atoms with Gasteiger partial charge in [0, 0.05) is 19.7 Å². The Kier molecular flexibility index (Phi) is 6.34. The van der Waals surface area contributed by atoms with Gasteiger partial charge in [0.1, 0.15) is 5.75 Å². The third-order valence-corrected chi connectivity index (χ3v) is 3.72. The van der Waals surface area contributed by atoms with Gasteiger partial charge in [0.05, 0.1) is 0 Å². The number of nitrogens with zero attached hydrogens (tertiary/aromatic N) is 1. The molecule has 0 saturated heterocycles. The van der Waals surface area contributed by atoms with Crippen LogP contribution in [0.15, 0.2) is 54.6 Å². The van der Waals surface area contributed by atoms with Crippen LogP contribution >= 0.6 is 0 Å². The van der Waals surface area contributed by atoms with Crippen LogP contribution in [0.1, 0.15) is 16.7 Å². The molecule has 0 fully saturated rings. The number of amides is 2. The first-order valence-corrected chi connectivity index (χ1v) is 7.94. The number of aryl methyl sites for hydroxylation is 1. The fraction of sp³-hybridized carbons (Fsp3) is 0.200. The molecule has 0 aliphatic heterocycles. The van der Waals surface area contributed by atoms with E-state index in [9.17, 15) is 9.59 Å². The van der Waals surface area contributed by atoms with Crippen molar-refractivity contribution < 1.29 is 14.3 Å². The van der Waals surface area contributed by atoms with Crippen LogP contribution in [0, 0.1) is 6.92 Å². The number of nitrogens with two attached hydrogens (primary N) is 1. The summed E-state index contributed by atoms with van der Waals surface area (Å²) in [6, 6.07) is 15.1. The Morgan fingerprint density at radius 3 is 2.44 bits per heavy atom. The molecule has 2 N–H and O–H groups in total. The van der Waals surface area contributed by atoms with E-state index in [1.165, 1.54) is 6.08 Å². The highest BCUT2D eigenvalue weighted by Crippen LogP contribution is 2.14. The third-order valence-electron chi connectivity index (χ3n) is 3.72. The van der Waals surface area contributed by atoms with E-state index in [-0.39, 0.29) is 12.5 Å². The van der Waals surface area contributed by atoms with E-state index in [0.717, 1.165) is 16.7 Å². The molecule has 130 valence electrons. The number of hydrogen-bond donors (Lipinski definition) is 1. The molecule has 5 heteroatoms. The van der Waals surface area contributed by atoms with Gasteiger partial charge in [0.15, 0.2) is 6.61 Å². The van der Waals surface area contributed by atoms with E-state index >= 15 is 0 Å². The van der Waals surface area contributed by atoms with Crippen LogP contribution in [0.25, 0.3) is 6.08 Å². The summed E-state index contributed by atoms with van der Waals surface area (Å²) >= 11 is 0. The largest absolute Gasteiger partial charge is 0.484 e. The Hall–Kier alpha value is -3.08. The summed E-state index contributed by atoms with van der Waals surface area (Å²) < 4.78 is 5.19. The normalized spacial score (nSPS) is 10.6. The van der Waals surface area contributed by atoms with Crippen molar-refractivity contribution in [1.29, 1.82) is 0 Å². The molecule has 2 aromatic rings. The number of hydrogen-bond acceptors (Lipinski definition) is 3. The zero-order valence-corrected chi connectivity index (χ0v) is 14.4. The van der Waals surface area contributed by atoms with E-state index in [0.29, 0.717) is 12.3 Å². The van der Waals surface area contributed by atoms with Crippen molar-refractivity contribution in [3.63, 3.8) is 0 Å². The van der Waals surface area contributed by atoms with E-state index < -0.39 is 5.91 Å². The number of carbonyl (C=O) groups excluding carboxylic acids is 2. The first-order valence-electron chi connectivity index (χ1n) is 7.94. The van der Waals surface area contributed by atoms with Crippen molar-refractivity contribution in [2.24, 2.45) is 5.73 Å². The van der Waals surface area contributed by atoms with Gasteiger partial charge in [-0.25, -0.2) is 0 Å². The lowest BCUT2D eigenvalue weighted by Crippen LogP contribution is -2.24. The highest BCUT2D eigenvalue weighted by Gasteiger charge is 2.07. The molecular formula is C20H22N2O3. The molecule has 0 heterocycles. The highest BCUT2D eigenvalue weighted by atomic mass is 16.5. The van der Waals surface area contributed by atoms with Crippen molar-refractivity contribution in [2.45, 2.75) is 13.5 Å². The van der Waals surface area contributed by atoms with Gasteiger partial charge < -0.3 is 15.4 Å². The Balaban J connectivity index is 1.92. The van der Waals surface area contributed by atoms with E-state index in [1.54, 1.807) is 42.3 Å². The van der Waals surface area contributed by atoms with Crippen molar-refractivity contribution >= 4 is 17.9 Å². The summed E-state index contributed by atoms with van der Waals surface area (Å²) in [6.45, 7) is 2.44. The fourth-order valence-corrected chi connectivity index (χ4v) is 2.25. The van der Waals surface area contributed by atoms with Gasteiger partial charge in [-0.1, -0.05) is 36.4 Å². The van der Waals surface area contributed by atoms with Crippen LogP contribution in [0.5, 0.6) is 5.75 Å². The second-order valence-corrected chi connectivity index (χ2v) is 5.78. The summed E-state index contributed by atoms with van der Waals surface area (Å²) in [5, 5.41) is 0. The van der Waals surface area contributed by atoms with Crippen LogP contribution < -0.4 is 10.5 Å². The fourth-order valence-electron chi connectivity index (χ4n) is 2.25. The highest BCUT2D eigenvalue weighted by molar-refractivity contribution is 5.91. The van der Waals surface area contributed by atoms with E-state index in [1.807, 2.05) is 31.2 Å². The minimum atomic E-state index is -0.522. The van der Waals surface area contributed by atoms with Gasteiger partial charge in [-0.2, -0.15) is 0 Å². The van der Waals surface area contributed by atoms with Crippen LogP contribution in [-0.2, 0) is 16.1 Å². The quantitative estimate of drug-likeness (QED) is 0.789. The van der Waals surface area contributed by atoms with Crippen LogP contribution in [0.2, 0.25) is 0 Å². The van der Waals surface area contributed by atoms with Gasteiger partial charge in [0.25, 0.3) is 5.91 Å². The molecule has 5 nitrogen and oxygen atoms in total. The van der Waals surface area contributed by atoms with Crippen LogP contribution in [0.4, 0.5) is 0 Å². The smallest absolute Gasteiger partial charge is 0.255 e. The minimum Gasteiger partial charge on any atom is -0.484 e. The van der Waals surface area contributed by atoms with Gasteiger partial charge in [0.2, 0.25) is 5.91 Å². The zero-order valence-electron chi connectivity index (χ0n) is 14.4. The summed E-state index contributed by atoms with van der Waals surface area (Å²) in [4.78, 5) is 24.6. The molecule has 0 saturated carbocycles. The average Bonchev–Trinajstić information content (AvgIpc) is 2.60. The molecule has 0 aliphatic carbocycles. The molecule has 0 atom stereocenters. The number of rotatable bonds is 7. The molecule has 2 amide bonds. The first kappa shape index (κ1) is 18.3. The summed E-state index contributed by atoms with van der Waals surface area (Å²) in [5.41, 5.74) is 8.18.